The van der Waals surface area contributed by atoms with E-state index in [-0.39, 0.29) is 23.8 Å². The number of amides is 2. The van der Waals surface area contributed by atoms with Crippen molar-refractivity contribution in [1.82, 2.24) is 19.9 Å². The van der Waals surface area contributed by atoms with E-state index in [9.17, 15) is 18.7 Å². The second-order valence-electron chi connectivity index (χ2n) is 6.84. The molecule has 1 saturated carbocycles. The number of alkyl halides is 2. The summed E-state index contributed by atoms with van der Waals surface area (Å²) in [5.41, 5.74) is 1.91. The van der Waals surface area contributed by atoms with E-state index in [4.69, 9.17) is 4.74 Å². The van der Waals surface area contributed by atoms with Gasteiger partial charge in [0.1, 0.15) is 0 Å². The van der Waals surface area contributed by atoms with Crippen molar-refractivity contribution < 1.29 is 28.2 Å². The molecule has 11 heteroatoms. The smallest absolute Gasteiger partial charge is 0.387 e. The lowest BCUT2D eigenvalue weighted by Gasteiger charge is -2.31. The number of carbonyl (C=O) groups is 1. The molecule has 3 aromatic rings. The van der Waals surface area contributed by atoms with E-state index in [1.54, 1.807) is 28.9 Å². The first-order valence-electron chi connectivity index (χ1n) is 9.15. The number of nitrogens with zero attached hydrogens (tertiary/aromatic N) is 3. The van der Waals surface area contributed by atoms with Crippen molar-refractivity contribution >= 4 is 17.4 Å². The number of pyridine rings is 2. The van der Waals surface area contributed by atoms with Gasteiger partial charge in [-0.3, -0.25) is 5.32 Å². The Labute approximate surface area is 169 Å². The fourth-order valence-corrected chi connectivity index (χ4v) is 3.20. The van der Waals surface area contributed by atoms with Crippen LogP contribution in [0.25, 0.3) is 16.6 Å². The number of fused-ring (bicyclic) bond motifs is 1. The number of aliphatic hydroxyl groups excluding tert-OH is 1. The number of methoxy groups -OCH3 is 1. The predicted molar refractivity (Wildman–Crippen MR) is 103 cm³/mol. The highest BCUT2D eigenvalue weighted by Gasteiger charge is 2.28. The van der Waals surface area contributed by atoms with Crippen LogP contribution in [0.4, 0.5) is 19.4 Å². The third kappa shape index (κ3) is 4.25. The number of anilines is 1. The van der Waals surface area contributed by atoms with Gasteiger partial charge in [0.15, 0.2) is 11.6 Å². The molecule has 0 radical (unpaired) electrons. The molecule has 0 unspecified atom stereocenters. The highest BCUT2D eigenvalue weighted by atomic mass is 19.3. The molecule has 3 N–H and O–H groups in total. The second kappa shape index (κ2) is 8.11. The summed E-state index contributed by atoms with van der Waals surface area (Å²) in [6.45, 7) is -3.00. The quantitative estimate of drug-likeness (QED) is 0.567. The first kappa shape index (κ1) is 19.8. The molecule has 158 valence electrons. The van der Waals surface area contributed by atoms with Crippen LogP contribution in [0, 0.1) is 0 Å². The first-order valence-corrected chi connectivity index (χ1v) is 9.15. The van der Waals surface area contributed by atoms with Gasteiger partial charge in [0, 0.05) is 30.1 Å². The van der Waals surface area contributed by atoms with Crippen LogP contribution in [0.15, 0.2) is 36.7 Å². The van der Waals surface area contributed by atoms with Crippen LogP contribution in [0.1, 0.15) is 12.8 Å². The van der Waals surface area contributed by atoms with Gasteiger partial charge < -0.3 is 19.9 Å². The number of urea groups is 1. The Kier molecular flexibility index (Phi) is 5.36. The van der Waals surface area contributed by atoms with Crippen molar-refractivity contribution in [2.45, 2.75) is 31.6 Å². The summed E-state index contributed by atoms with van der Waals surface area (Å²) in [6.07, 6.45) is 3.87. The minimum absolute atomic E-state index is 0.0408. The average molecular weight is 419 g/mol. The fourth-order valence-electron chi connectivity index (χ4n) is 3.20. The summed E-state index contributed by atoms with van der Waals surface area (Å²) in [4.78, 5) is 16.0. The minimum atomic E-state index is -3.00. The standard InChI is InChI=1S/C19H19F2N5O4/c1-29-17-15(30-18(20)21)5-11(9-22-17)10-2-3-26-13(4-10)8-16(25-26)24-19(28)23-12-6-14(27)7-12/h2-5,8-9,12,14,18,27H,6-7H2,1H3,(H2,23,24,25,28). The van der Waals surface area contributed by atoms with E-state index in [1.807, 2.05) is 0 Å². The molecule has 2 amide bonds. The summed E-state index contributed by atoms with van der Waals surface area (Å²) < 4.78 is 36.3. The van der Waals surface area contributed by atoms with Gasteiger partial charge in [0.2, 0.25) is 0 Å². The number of halogens is 2. The summed E-state index contributed by atoms with van der Waals surface area (Å²) >= 11 is 0. The van der Waals surface area contributed by atoms with E-state index in [0.717, 1.165) is 0 Å². The predicted octanol–water partition coefficient (Wildman–Crippen LogP) is 2.65. The third-order valence-corrected chi connectivity index (χ3v) is 4.71. The van der Waals surface area contributed by atoms with Gasteiger partial charge in [-0.2, -0.15) is 8.78 Å². The Morgan fingerprint density at radius 1 is 1.30 bits per heavy atom. The van der Waals surface area contributed by atoms with Crippen molar-refractivity contribution in [2.75, 3.05) is 12.4 Å². The van der Waals surface area contributed by atoms with Gasteiger partial charge in [-0.25, -0.2) is 14.3 Å². The number of hydrogen-bond acceptors (Lipinski definition) is 6. The highest BCUT2D eigenvalue weighted by molar-refractivity contribution is 5.89. The second-order valence-corrected chi connectivity index (χ2v) is 6.84. The van der Waals surface area contributed by atoms with Crippen LogP contribution in [0.5, 0.6) is 11.6 Å². The molecule has 0 spiro atoms. The average Bonchev–Trinajstić information content (AvgIpc) is 3.07. The molecule has 0 saturated heterocycles. The summed E-state index contributed by atoms with van der Waals surface area (Å²) in [6, 6.07) is 6.15. The number of hydrogen-bond donors (Lipinski definition) is 3. The molecule has 0 atom stereocenters. The molecule has 1 fully saturated rings. The van der Waals surface area contributed by atoms with Crippen molar-refractivity contribution in [1.29, 1.82) is 0 Å². The van der Waals surface area contributed by atoms with E-state index < -0.39 is 12.6 Å². The molecule has 4 rings (SSSR count). The van der Waals surface area contributed by atoms with Crippen LogP contribution in [0.3, 0.4) is 0 Å². The van der Waals surface area contributed by atoms with Crippen molar-refractivity contribution in [2.24, 2.45) is 0 Å². The normalized spacial score (nSPS) is 18.2. The summed E-state index contributed by atoms with van der Waals surface area (Å²) in [7, 11) is 1.32. The largest absolute Gasteiger partial charge is 0.478 e. The summed E-state index contributed by atoms with van der Waals surface area (Å²) in [5.74, 6) is 0.138. The van der Waals surface area contributed by atoms with Crippen LogP contribution >= 0.6 is 0 Å². The lowest BCUT2D eigenvalue weighted by Crippen LogP contribution is -2.48. The number of aromatic nitrogens is 3. The van der Waals surface area contributed by atoms with Gasteiger partial charge in [0.25, 0.3) is 5.88 Å². The number of rotatable bonds is 6. The SMILES string of the molecule is COc1ncc(-c2ccn3nc(NC(=O)NC4CC(O)C4)cc3c2)cc1OC(F)F. The van der Waals surface area contributed by atoms with E-state index >= 15 is 0 Å². The maximum atomic E-state index is 12.6. The third-order valence-electron chi connectivity index (χ3n) is 4.71. The first-order chi connectivity index (χ1) is 14.4. The number of nitrogens with one attached hydrogen (secondary N) is 2. The molecule has 3 aromatic heterocycles. The molecule has 3 heterocycles. The highest BCUT2D eigenvalue weighted by Crippen LogP contribution is 2.32. The van der Waals surface area contributed by atoms with Crippen molar-refractivity contribution in [3.8, 4) is 22.8 Å². The molecule has 30 heavy (non-hydrogen) atoms. The van der Waals surface area contributed by atoms with Crippen molar-refractivity contribution in [3.05, 3.63) is 36.7 Å². The maximum Gasteiger partial charge on any atom is 0.387 e. The van der Waals surface area contributed by atoms with Gasteiger partial charge in [-0.05, 0) is 36.6 Å². The van der Waals surface area contributed by atoms with Gasteiger partial charge in [0.05, 0.1) is 18.7 Å². The number of aliphatic hydroxyl groups is 1. The Hall–Kier alpha value is -3.47. The van der Waals surface area contributed by atoms with Crippen LogP contribution in [-0.2, 0) is 0 Å². The molecule has 0 aromatic carbocycles. The summed E-state index contributed by atoms with van der Waals surface area (Å²) in [5, 5.41) is 19.0. The van der Waals surface area contributed by atoms with Gasteiger partial charge in [-0.15, -0.1) is 5.10 Å². The van der Waals surface area contributed by atoms with E-state index in [0.29, 0.717) is 35.3 Å². The molecule has 0 bridgehead atoms. The maximum absolute atomic E-state index is 12.6. The zero-order valence-corrected chi connectivity index (χ0v) is 15.9. The number of carbonyl (C=O) groups excluding carboxylic acids is 1. The lowest BCUT2D eigenvalue weighted by molar-refractivity contribution is -0.0515. The monoisotopic (exact) mass is 419 g/mol. The van der Waals surface area contributed by atoms with Crippen LogP contribution < -0.4 is 20.1 Å². The van der Waals surface area contributed by atoms with E-state index in [1.165, 1.54) is 19.4 Å². The molecule has 9 nitrogen and oxygen atoms in total. The Bertz CT molecular complexity index is 1070. The van der Waals surface area contributed by atoms with Crippen LogP contribution in [-0.4, -0.2) is 51.6 Å². The minimum Gasteiger partial charge on any atom is -0.478 e. The molecule has 0 aliphatic heterocycles. The Balaban J connectivity index is 1.53. The zero-order chi connectivity index (χ0) is 21.3. The fraction of sp³-hybridized carbons (Fsp3) is 0.316. The topological polar surface area (TPSA) is 110 Å². The molecule has 1 aliphatic carbocycles. The molecular weight excluding hydrogens is 400 g/mol. The van der Waals surface area contributed by atoms with Gasteiger partial charge >= 0.3 is 12.6 Å². The van der Waals surface area contributed by atoms with Crippen molar-refractivity contribution in [3.63, 3.8) is 0 Å². The number of ether oxygens (including phenoxy) is 2. The van der Waals surface area contributed by atoms with Crippen LogP contribution in [0.2, 0.25) is 0 Å². The molecular formula is C19H19F2N5O4. The Morgan fingerprint density at radius 2 is 2.10 bits per heavy atom. The zero-order valence-electron chi connectivity index (χ0n) is 15.9. The molecule has 1 aliphatic rings. The Morgan fingerprint density at radius 3 is 2.80 bits per heavy atom. The van der Waals surface area contributed by atoms with E-state index in [2.05, 4.69) is 25.5 Å². The van der Waals surface area contributed by atoms with Gasteiger partial charge in [-0.1, -0.05) is 0 Å². The lowest BCUT2D eigenvalue weighted by atomic mass is 9.90.